The minimum atomic E-state index is -0.369. The van der Waals surface area contributed by atoms with Crippen LogP contribution >= 0.6 is 0 Å². The second-order valence-corrected chi connectivity index (χ2v) is 13.8. The molecule has 0 amide bonds. The summed E-state index contributed by atoms with van der Waals surface area (Å²) in [5.74, 6) is 6.33. The molecule has 43 heavy (non-hydrogen) atoms. The third-order valence-corrected chi connectivity index (χ3v) is 11.9. The quantitative estimate of drug-likeness (QED) is 0.135. The number of terminal acetylenes is 2. The first kappa shape index (κ1) is 33.3. The monoisotopic (exact) mass is 598 g/mol. The third-order valence-electron chi connectivity index (χ3n) is 11.9. The summed E-state index contributed by atoms with van der Waals surface area (Å²) in [5, 5.41) is 0. The highest BCUT2D eigenvalue weighted by Gasteiger charge is 2.65. The van der Waals surface area contributed by atoms with Crippen LogP contribution in [0.25, 0.3) is 0 Å². The Morgan fingerprint density at radius 3 is 2.19 bits per heavy atom. The number of methoxy groups -OCH3 is 1. The lowest BCUT2D eigenvalue weighted by atomic mass is 9.43. The highest BCUT2D eigenvalue weighted by atomic mass is 16.6. The zero-order chi connectivity index (χ0) is 31.2. The minimum Gasteiger partial charge on any atom is -0.469 e. The van der Waals surface area contributed by atoms with Gasteiger partial charge in [0, 0.05) is 11.8 Å². The molecule has 4 rings (SSSR count). The second kappa shape index (κ2) is 14.5. The van der Waals surface area contributed by atoms with E-state index in [0.29, 0.717) is 41.9 Å². The fourth-order valence-corrected chi connectivity index (χ4v) is 9.85. The van der Waals surface area contributed by atoms with Crippen LogP contribution in [0.5, 0.6) is 0 Å². The van der Waals surface area contributed by atoms with E-state index < -0.39 is 0 Å². The summed E-state index contributed by atoms with van der Waals surface area (Å²) >= 11 is 0. The van der Waals surface area contributed by atoms with Crippen molar-refractivity contribution in [1.29, 1.82) is 0 Å². The lowest BCUT2D eigenvalue weighted by molar-refractivity contribution is -0.201. The van der Waals surface area contributed by atoms with Crippen LogP contribution in [0.3, 0.4) is 0 Å². The van der Waals surface area contributed by atoms with E-state index >= 15 is 0 Å². The van der Waals surface area contributed by atoms with Crippen LogP contribution in [0.4, 0.5) is 0 Å². The molecule has 10 atom stereocenters. The molecule has 0 radical (unpaired) electrons. The van der Waals surface area contributed by atoms with E-state index in [9.17, 15) is 14.4 Å². The molecule has 0 bridgehead atoms. The van der Waals surface area contributed by atoms with Gasteiger partial charge in [-0.15, -0.1) is 12.8 Å². The summed E-state index contributed by atoms with van der Waals surface area (Å²) in [6, 6.07) is 0. The Labute approximate surface area is 257 Å². The first-order valence-corrected chi connectivity index (χ1v) is 16.1. The lowest BCUT2D eigenvalue weighted by Crippen LogP contribution is -2.59. The average molecular weight is 599 g/mol. The maximum atomic E-state index is 13.1. The smallest absolute Gasteiger partial charge is 0.332 e. The Kier molecular flexibility index (Phi) is 11.2. The lowest BCUT2D eigenvalue weighted by Gasteiger charge is -2.62. The van der Waals surface area contributed by atoms with Crippen molar-refractivity contribution < 1.29 is 38.1 Å². The summed E-state index contributed by atoms with van der Waals surface area (Å²) in [5.41, 5.74) is -0.112. The molecule has 0 aliphatic heterocycles. The van der Waals surface area contributed by atoms with E-state index in [2.05, 4.69) is 32.6 Å². The van der Waals surface area contributed by atoms with Gasteiger partial charge in [0.1, 0.15) is 38.6 Å². The SMILES string of the molecule is C#CCOCC(=O)O[C@@H]1CC[C@@]2(C)[C@H](CC[C@@H]3[C@@H]2C[C@H](OC(=O)COCC#C)[C@]2(C)[C@@H]([C@H](C)CCC(=O)OC)CC[C@@H]32)C1. The molecule has 0 saturated heterocycles. The van der Waals surface area contributed by atoms with E-state index in [1.807, 2.05) is 0 Å². The molecule has 4 fully saturated rings. The van der Waals surface area contributed by atoms with Gasteiger partial charge in [-0.05, 0) is 98.7 Å². The van der Waals surface area contributed by atoms with Gasteiger partial charge < -0.3 is 23.7 Å². The van der Waals surface area contributed by atoms with Gasteiger partial charge in [-0.3, -0.25) is 4.79 Å². The fourth-order valence-electron chi connectivity index (χ4n) is 9.85. The summed E-state index contributed by atoms with van der Waals surface area (Å²) in [7, 11) is 1.43. The number of hydrogen-bond donors (Lipinski definition) is 0. The van der Waals surface area contributed by atoms with Crippen LogP contribution < -0.4 is 0 Å². The van der Waals surface area contributed by atoms with Crippen LogP contribution in [0.15, 0.2) is 0 Å². The van der Waals surface area contributed by atoms with Gasteiger partial charge in [-0.1, -0.05) is 32.6 Å². The summed E-state index contributed by atoms with van der Waals surface area (Å²) in [4.78, 5) is 37.4. The number of carbonyl (C=O) groups excluding carboxylic acids is 3. The van der Waals surface area contributed by atoms with Gasteiger partial charge in [0.05, 0.1) is 7.11 Å². The van der Waals surface area contributed by atoms with Crippen molar-refractivity contribution in [1.82, 2.24) is 0 Å². The number of carbonyl (C=O) groups is 3. The molecule has 238 valence electrons. The second-order valence-electron chi connectivity index (χ2n) is 13.8. The van der Waals surface area contributed by atoms with Crippen molar-refractivity contribution in [2.45, 2.75) is 97.2 Å². The molecule has 0 aromatic heterocycles. The topological polar surface area (TPSA) is 97.4 Å². The van der Waals surface area contributed by atoms with E-state index in [1.165, 1.54) is 7.11 Å². The number of rotatable bonds is 12. The predicted octanol–water partition coefficient (Wildman–Crippen LogP) is 4.97. The van der Waals surface area contributed by atoms with Gasteiger partial charge in [0.2, 0.25) is 0 Å². The first-order chi connectivity index (χ1) is 20.6. The Bertz CT molecular complexity index is 1090. The fraction of sp³-hybridized carbons (Fsp3) is 0.800. The normalized spacial score (nSPS) is 36.9. The first-order valence-electron chi connectivity index (χ1n) is 16.1. The van der Waals surface area contributed by atoms with E-state index in [1.54, 1.807) is 0 Å². The molecular weight excluding hydrogens is 548 g/mol. The number of fused-ring (bicyclic) bond motifs is 5. The van der Waals surface area contributed by atoms with Crippen molar-refractivity contribution in [3.63, 3.8) is 0 Å². The van der Waals surface area contributed by atoms with Crippen molar-refractivity contribution in [3.05, 3.63) is 0 Å². The number of ether oxygens (including phenoxy) is 5. The van der Waals surface area contributed by atoms with Crippen LogP contribution in [-0.4, -0.2) is 63.7 Å². The molecule has 0 N–H and O–H groups in total. The molecule has 4 saturated carbocycles. The molecule has 8 nitrogen and oxygen atoms in total. The zero-order valence-electron chi connectivity index (χ0n) is 26.4. The maximum Gasteiger partial charge on any atom is 0.332 e. The predicted molar refractivity (Wildman–Crippen MR) is 160 cm³/mol. The highest BCUT2D eigenvalue weighted by Crippen LogP contribution is 2.69. The molecule has 0 aromatic rings. The minimum absolute atomic E-state index is 0.0685. The Morgan fingerprint density at radius 2 is 1.53 bits per heavy atom. The van der Waals surface area contributed by atoms with Crippen LogP contribution in [0, 0.1) is 71.0 Å². The highest BCUT2D eigenvalue weighted by molar-refractivity contribution is 5.71. The molecular formula is C35H50O8. The Hall–Kier alpha value is -2.55. The van der Waals surface area contributed by atoms with E-state index in [-0.39, 0.29) is 67.4 Å². The van der Waals surface area contributed by atoms with Crippen LogP contribution in [0.1, 0.15) is 85.0 Å². The van der Waals surface area contributed by atoms with Gasteiger partial charge in [-0.2, -0.15) is 0 Å². The standard InChI is InChI=1S/C35H50O8/c1-7-17-40-21-32(37)42-25-15-16-34(4)24(19-25)10-11-26-28-13-12-27(23(3)9-14-31(36)39-6)35(28,5)30(20-29(26)34)43-33(38)22-41-18-8-2/h1-2,23-30H,9-22H2,3-6H3/t23-,24-,25-,26+,27-,28+,29+,30+,34+,35-/m1/s1. The van der Waals surface area contributed by atoms with Gasteiger partial charge >= 0.3 is 17.9 Å². The summed E-state index contributed by atoms with van der Waals surface area (Å²) in [6.45, 7) is 6.88. The summed E-state index contributed by atoms with van der Waals surface area (Å²) < 4.78 is 27.6. The summed E-state index contributed by atoms with van der Waals surface area (Å²) in [6.07, 6.45) is 19.2. The average Bonchev–Trinajstić information content (AvgIpc) is 3.35. The van der Waals surface area contributed by atoms with Crippen LogP contribution in [-0.2, 0) is 38.1 Å². The molecule has 0 spiro atoms. The molecule has 0 aromatic carbocycles. The van der Waals surface area contributed by atoms with Gasteiger partial charge in [0.15, 0.2) is 0 Å². The van der Waals surface area contributed by atoms with Crippen molar-refractivity contribution in [3.8, 4) is 24.7 Å². The van der Waals surface area contributed by atoms with Crippen LogP contribution in [0.2, 0.25) is 0 Å². The number of esters is 3. The Balaban J connectivity index is 1.53. The zero-order valence-corrected chi connectivity index (χ0v) is 26.4. The van der Waals surface area contributed by atoms with Crippen molar-refractivity contribution in [2.24, 2.45) is 46.3 Å². The molecule has 4 aliphatic rings. The molecule has 8 heteroatoms. The maximum absolute atomic E-state index is 13.1. The Morgan fingerprint density at radius 1 is 0.860 bits per heavy atom. The van der Waals surface area contributed by atoms with E-state index in [0.717, 1.165) is 57.8 Å². The van der Waals surface area contributed by atoms with Crippen molar-refractivity contribution >= 4 is 17.9 Å². The molecule has 4 aliphatic carbocycles. The molecule has 0 unspecified atom stereocenters. The van der Waals surface area contributed by atoms with Crippen molar-refractivity contribution in [2.75, 3.05) is 33.5 Å². The van der Waals surface area contributed by atoms with E-state index in [4.69, 9.17) is 36.5 Å². The van der Waals surface area contributed by atoms with Gasteiger partial charge in [0.25, 0.3) is 0 Å². The third kappa shape index (κ3) is 7.07. The largest absolute Gasteiger partial charge is 0.469 e. The molecule has 0 heterocycles. The van der Waals surface area contributed by atoms with Gasteiger partial charge in [-0.25, -0.2) is 9.59 Å². The number of hydrogen-bond acceptors (Lipinski definition) is 8.